The Kier molecular flexibility index (Phi) is 8.08. The summed E-state index contributed by atoms with van der Waals surface area (Å²) in [4.78, 5) is 35.6. The first-order valence-corrected chi connectivity index (χ1v) is 8.28. The van der Waals surface area contributed by atoms with Crippen molar-refractivity contribution in [2.24, 2.45) is 0 Å². The zero-order chi connectivity index (χ0) is 21.5. The Morgan fingerprint density at radius 3 is 2.18 bits per heavy atom. The Morgan fingerprint density at radius 2 is 1.68 bits per heavy atom. The van der Waals surface area contributed by atoms with E-state index in [1.54, 1.807) is 27.7 Å². The van der Waals surface area contributed by atoms with Gasteiger partial charge in [-0.05, 0) is 27.7 Å². The number of amides is 3. The van der Waals surface area contributed by atoms with Gasteiger partial charge in [-0.3, -0.25) is 0 Å². The molecule has 0 radical (unpaired) electrons. The summed E-state index contributed by atoms with van der Waals surface area (Å²) in [6.45, 7) is 5.94. The molecule has 1 atom stereocenters. The molecule has 0 fully saturated rings. The Morgan fingerprint density at radius 1 is 1.11 bits per heavy atom. The van der Waals surface area contributed by atoms with E-state index < -0.39 is 59.4 Å². The van der Waals surface area contributed by atoms with Crippen molar-refractivity contribution in [1.29, 1.82) is 0 Å². The van der Waals surface area contributed by atoms with Crippen LogP contribution in [0.1, 0.15) is 27.7 Å². The molecule has 11 heteroatoms. The number of alkyl carbamates (subject to hydrolysis) is 1. The molecule has 0 saturated carbocycles. The molecule has 0 aliphatic heterocycles. The van der Waals surface area contributed by atoms with Gasteiger partial charge in [-0.15, -0.1) is 0 Å². The van der Waals surface area contributed by atoms with Crippen molar-refractivity contribution in [3.63, 3.8) is 0 Å². The van der Waals surface area contributed by atoms with Gasteiger partial charge in [-0.1, -0.05) is 0 Å². The maximum absolute atomic E-state index is 13.6. The van der Waals surface area contributed by atoms with E-state index in [9.17, 15) is 27.6 Å². The Labute approximate surface area is 159 Å². The van der Waals surface area contributed by atoms with Gasteiger partial charge in [0.25, 0.3) is 0 Å². The summed E-state index contributed by atoms with van der Waals surface area (Å²) in [6.07, 6.45) is -0.927. The lowest BCUT2D eigenvalue weighted by atomic mass is 10.2. The van der Waals surface area contributed by atoms with E-state index in [1.807, 2.05) is 5.32 Å². The van der Waals surface area contributed by atoms with Crippen LogP contribution in [0, 0.1) is 17.5 Å². The van der Waals surface area contributed by atoms with Gasteiger partial charge in [0, 0.05) is 12.1 Å². The number of hydrogen-bond donors (Lipinski definition) is 3. The lowest BCUT2D eigenvalue weighted by Gasteiger charge is -2.23. The molecule has 0 bridgehead atoms. The summed E-state index contributed by atoms with van der Waals surface area (Å²) in [5.41, 5.74) is -1.70. The first-order chi connectivity index (χ1) is 12.9. The molecule has 156 valence electrons. The Balaban J connectivity index is 2.75. The highest BCUT2D eigenvalue weighted by Crippen LogP contribution is 2.19. The topological polar surface area (TPSA) is 106 Å². The zero-order valence-electron chi connectivity index (χ0n) is 15.8. The van der Waals surface area contributed by atoms with Gasteiger partial charge in [-0.25, -0.2) is 27.6 Å². The number of ether oxygens (including phenoxy) is 2. The summed E-state index contributed by atoms with van der Waals surface area (Å²) in [5, 5.41) is 6.25. The van der Waals surface area contributed by atoms with E-state index in [4.69, 9.17) is 9.47 Å². The van der Waals surface area contributed by atoms with Gasteiger partial charge in [0.1, 0.15) is 23.1 Å². The second kappa shape index (κ2) is 9.81. The van der Waals surface area contributed by atoms with Crippen LogP contribution in [0.25, 0.3) is 0 Å². The van der Waals surface area contributed by atoms with Crippen LogP contribution in [0.5, 0.6) is 0 Å². The van der Waals surface area contributed by atoms with Crippen molar-refractivity contribution >= 4 is 23.8 Å². The van der Waals surface area contributed by atoms with E-state index in [1.165, 1.54) is 0 Å². The minimum atomic E-state index is -1.32. The fourth-order valence-electron chi connectivity index (χ4n) is 1.90. The van der Waals surface area contributed by atoms with Crippen molar-refractivity contribution in [1.82, 2.24) is 10.6 Å². The van der Waals surface area contributed by atoms with E-state index in [0.717, 1.165) is 0 Å². The fraction of sp³-hybridized carbons (Fsp3) is 0.471. The van der Waals surface area contributed by atoms with Crippen molar-refractivity contribution in [2.45, 2.75) is 39.3 Å². The van der Waals surface area contributed by atoms with Crippen LogP contribution in [0.4, 0.5) is 28.4 Å². The van der Waals surface area contributed by atoms with Crippen LogP contribution in [-0.4, -0.2) is 42.9 Å². The number of halogens is 3. The third-order valence-corrected chi connectivity index (χ3v) is 2.97. The van der Waals surface area contributed by atoms with Gasteiger partial charge < -0.3 is 25.4 Å². The molecular formula is C17H22F3N3O5. The molecule has 0 saturated heterocycles. The molecule has 0 aromatic heterocycles. The predicted molar refractivity (Wildman–Crippen MR) is 93.1 cm³/mol. The lowest BCUT2D eigenvalue weighted by Crippen LogP contribution is -2.51. The van der Waals surface area contributed by atoms with Gasteiger partial charge in [0.05, 0.1) is 13.2 Å². The number of nitrogens with one attached hydrogen (secondary N) is 3. The molecule has 3 N–H and O–H groups in total. The molecule has 3 amide bonds. The molecule has 0 spiro atoms. The molecule has 1 aromatic rings. The number of hydrogen-bond acceptors (Lipinski definition) is 5. The summed E-state index contributed by atoms with van der Waals surface area (Å²) in [6, 6.07) is -1.62. The molecule has 1 unspecified atom stereocenters. The fourth-order valence-corrected chi connectivity index (χ4v) is 1.90. The number of anilines is 1. The first kappa shape index (κ1) is 23.1. The second-order valence-electron chi connectivity index (χ2n) is 6.53. The average molecular weight is 405 g/mol. The largest absolute Gasteiger partial charge is 0.464 e. The normalized spacial score (nSPS) is 12.0. The van der Waals surface area contributed by atoms with E-state index in [2.05, 4.69) is 10.6 Å². The van der Waals surface area contributed by atoms with Gasteiger partial charge in [-0.2, -0.15) is 0 Å². The molecule has 28 heavy (non-hydrogen) atoms. The first-order valence-electron chi connectivity index (χ1n) is 8.28. The molecule has 1 rings (SSSR count). The third-order valence-electron chi connectivity index (χ3n) is 2.97. The average Bonchev–Trinajstić information content (AvgIpc) is 2.53. The van der Waals surface area contributed by atoms with Crippen molar-refractivity contribution in [2.75, 3.05) is 18.5 Å². The van der Waals surface area contributed by atoms with Crippen LogP contribution in [0.15, 0.2) is 12.1 Å². The molecule has 8 nitrogen and oxygen atoms in total. The minimum absolute atomic E-state index is 0.0174. The highest BCUT2D eigenvalue weighted by Gasteiger charge is 2.26. The number of benzene rings is 1. The molecule has 1 aromatic carbocycles. The van der Waals surface area contributed by atoms with Gasteiger partial charge in [0.2, 0.25) is 0 Å². The predicted octanol–water partition coefficient (Wildman–Crippen LogP) is 2.68. The summed E-state index contributed by atoms with van der Waals surface area (Å²) < 4.78 is 49.8. The minimum Gasteiger partial charge on any atom is -0.464 e. The molecule has 0 heterocycles. The van der Waals surface area contributed by atoms with Gasteiger partial charge in [0.15, 0.2) is 11.6 Å². The molecule has 0 aliphatic rings. The number of urea groups is 1. The van der Waals surface area contributed by atoms with Crippen LogP contribution in [0.3, 0.4) is 0 Å². The molecule has 0 aliphatic carbocycles. The van der Waals surface area contributed by atoms with E-state index in [-0.39, 0.29) is 6.61 Å². The highest BCUT2D eigenvalue weighted by atomic mass is 19.1. The standard InChI is InChI=1S/C17H22F3N3O5/c1-5-27-14(24)12(22-16(26)28-17(2,3)4)8-21-15(25)23-13-10(19)6-9(18)7-11(13)20/h6-7,12H,5,8H2,1-4H3,(H,22,26)(H2,21,23,25). The van der Waals surface area contributed by atoms with Crippen LogP contribution < -0.4 is 16.0 Å². The summed E-state index contributed by atoms with van der Waals surface area (Å²) >= 11 is 0. The third kappa shape index (κ3) is 7.72. The monoisotopic (exact) mass is 405 g/mol. The number of esters is 1. The SMILES string of the molecule is CCOC(=O)C(CNC(=O)Nc1c(F)cc(F)cc1F)NC(=O)OC(C)(C)C. The van der Waals surface area contributed by atoms with Gasteiger partial charge >= 0.3 is 18.1 Å². The van der Waals surface area contributed by atoms with Crippen molar-refractivity contribution in [3.05, 3.63) is 29.6 Å². The van der Waals surface area contributed by atoms with Crippen LogP contribution >= 0.6 is 0 Å². The number of carbonyl (C=O) groups is 3. The lowest BCUT2D eigenvalue weighted by molar-refractivity contribution is -0.145. The maximum atomic E-state index is 13.6. The van der Waals surface area contributed by atoms with Crippen molar-refractivity contribution < 1.29 is 37.0 Å². The number of carbonyl (C=O) groups excluding carboxylic acids is 3. The Hall–Kier alpha value is -2.98. The van der Waals surface area contributed by atoms with Crippen LogP contribution in [0.2, 0.25) is 0 Å². The smallest absolute Gasteiger partial charge is 0.408 e. The summed E-state index contributed by atoms with van der Waals surface area (Å²) in [7, 11) is 0. The van der Waals surface area contributed by atoms with Crippen LogP contribution in [-0.2, 0) is 14.3 Å². The quantitative estimate of drug-likeness (QED) is 0.631. The van der Waals surface area contributed by atoms with E-state index in [0.29, 0.717) is 12.1 Å². The summed E-state index contributed by atoms with van der Waals surface area (Å²) in [5.74, 6) is -4.64. The highest BCUT2D eigenvalue weighted by molar-refractivity contribution is 5.90. The molecular weight excluding hydrogens is 383 g/mol. The maximum Gasteiger partial charge on any atom is 0.408 e. The second-order valence-corrected chi connectivity index (χ2v) is 6.53. The van der Waals surface area contributed by atoms with Crippen molar-refractivity contribution in [3.8, 4) is 0 Å². The number of rotatable bonds is 6. The zero-order valence-corrected chi connectivity index (χ0v) is 15.8. The Bertz CT molecular complexity index is 714. The van der Waals surface area contributed by atoms with E-state index >= 15 is 0 Å².